The van der Waals surface area contributed by atoms with Crippen molar-refractivity contribution in [1.29, 1.82) is 0 Å². The predicted molar refractivity (Wildman–Crippen MR) is 513 cm³/mol. The number of benzene rings is 18. The Kier molecular flexibility index (Phi) is 15.4. The third kappa shape index (κ3) is 10.4. The van der Waals surface area contributed by atoms with Crippen molar-refractivity contribution in [1.82, 2.24) is 0 Å². The van der Waals surface area contributed by atoms with Gasteiger partial charge in [0.05, 0.1) is 38.8 Å². The summed E-state index contributed by atoms with van der Waals surface area (Å²) in [6.45, 7) is -0.529. The smallest absolute Gasteiger partial charge is 0.252 e. The summed E-state index contributed by atoms with van der Waals surface area (Å²) in [6, 6.07) is 155. The van der Waals surface area contributed by atoms with Gasteiger partial charge in [0.2, 0.25) is 0 Å². The molecule has 0 spiro atoms. The topological polar surface area (TPSA) is 19.4 Å². The quantitative estimate of drug-likeness (QED) is 0.113. The molecule has 0 N–H and O–H groups in total. The van der Waals surface area contributed by atoms with E-state index in [0.29, 0.717) is 0 Å². The van der Waals surface area contributed by atoms with Crippen molar-refractivity contribution in [2.45, 2.75) is 0 Å². The maximum atomic E-state index is 2.68. The Morgan fingerprint density at radius 3 is 1.08 bits per heavy atom. The van der Waals surface area contributed by atoms with Crippen molar-refractivity contribution in [3.05, 3.63) is 413 Å². The Balaban J connectivity index is 0.811. The van der Waals surface area contributed by atoms with Gasteiger partial charge in [0.1, 0.15) is 0 Å². The molecule has 0 aliphatic carbocycles. The average Bonchev–Trinajstić information content (AvgIpc) is 1.61. The predicted octanol–water partition coefficient (Wildman–Crippen LogP) is 27.2. The van der Waals surface area contributed by atoms with E-state index in [1.54, 1.807) is 0 Å². The van der Waals surface area contributed by atoms with Gasteiger partial charge in [0, 0.05) is 135 Å². The summed E-state index contributed by atoms with van der Waals surface area (Å²) >= 11 is 5.62. The third-order valence-electron chi connectivity index (χ3n) is 24.9. The van der Waals surface area contributed by atoms with Gasteiger partial charge in [-0.05, 0) is 183 Å². The van der Waals surface area contributed by atoms with Crippen molar-refractivity contribution in [2.24, 2.45) is 0 Å². The van der Waals surface area contributed by atoms with Crippen LogP contribution in [0.4, 0.5) is 102 Å². The van der Waals surface area contributed by atoms with E-state index in [-0.39, 0.29) is 13.4 Å². The molecule has 18 aromatic carbocycles. The molecule has 25 rings (SSSR count). The van der Waals surface area contributed by atoms with Gasteiger partial charge in [-0.15, -0.1) is 34.0 Å². The zero-order valence-electron chi connectivity index (χ0n) is 64.3. The molecular formula is C108H68B2N6S3. The number of hydrogen-bond acceptors (Lipinski definition) is 9. The molecule has 7 heterocycles. The normalized spacial score (nSPS) is 12.9. The summed E-state index contributed by atoms with van der Waals surface area (Å²) in [4.78, 5) is 15.7. The monoisotopic (exact) mass is 1570 g/mol. The van der Waals surface area contributed by atoms with Crippen molar-refractivity contribution in [2.75, 3.05) is 29.4 Å². The first kappa shape index (κ1) is 67.8. The SMILES string of the molecule is c1ccc(-c2cccc(-c3ccccc3)c2N(c2ccccc2)c2cc3c4c(c2)N(c2cccc5sc6ccccc6c25)c2ccccc2B4c2cc4c(cc2N3c2ccccc2)N(c2ccccc2)c2cc(N(c3ccccc3)c3cccc5c3sc3ccccc35)cc3c2B4c2ccccc2N3c2cccc3sc4ccccc4c23)cc1. The van der Waals surface area contributed by atoms with Crippen molar-refractivity contribution in [3.63, 3.8) is 0 Å². The second kappa shape index (κ2) is 27.1. The number of nitrogens with zero attached hydrogens (tertiary/aromatic N) is 6. The lowest BCUT2D eigenvalue weighted by atomic mass is 9.30. The standard InChI is InChI=1S/C108H68B2N6S3/c1-7-33-69(34-8-1)77-48-29-49-78(70-35-9-2-10-36-70)107(77)112(72-39-13-4-14-40-72)76-65-95-106-97(66-76)116(90-56-32-62-102-104(90)82-47-21-28-60-100(82)118-102)88-54-25-23-52-84(88)110(106)86-67-85-92(68-93(86)114(95)74-43-17-6-18-44-74)113(73-41-15-5-16-42-73)94-63-75(111(71-37-11-3-12-38-71)91-57-30-50-80-79-45-19-26-58-98(79)119-108(80)91)64-96-105(94)109(85)83-51-22-24-53-87(83)115(96)89-55-31-61-101-103(89)81-46-20-27-59-99(81)117-101/h1-68H. The van der Waals surface area contributed by atoms with Crippen LogP contribution in [0.15, 0.2) is 413 Å². The fourth-order valence-electron chi connectivity index (χ4n) is 20.1. The zero-order chi connectivity index (χ0) is 77.9. The minimum atomic E-state index is -0.272. The molecule has 0 fully saturated rings. The van der Waals surface area contributed by atoms with Crippen LogP contribution >= 0.6 is 34.0 Å². The summed E-state index contributed by atoms with van der Waals surface area (Å²) in [5, 5.41) is 7.48. The molecule has 6 nitrogen and oxygen atoms in total. The van der Waals surface area contributed by atoms with Gasteiger partial charge in [-0.25, -0.2) is 0 Å². The third-order valence-corrected chi connectivity index (χ3v) is 28.4. The molecule has 119 heavy (non-hydrogen) atoms. The average molecular weight is 1570 g/mol. The minimum Gasteiger partial charge on any atom is -0.311 e. The van der Waals surface area contributed by atoms with Gasteiger partial charge in [-0.3, -0.25) is 0 Å². The minimum absolute atomic E-state index is 0.257. The van der Waals surface area contributed by atoms with Crippen LogP contribution in [0.25, 0.3) is 82.8 Å². The highest BCUT2D eigenvalue weighted by Gasteiger charge is 2.50. The lowest BCUT2D eigenvalue weighted by molar-refractivity contribution is 1.22. The van der Waals surface area contributed by atoms with Crippen molar-refractivity contribution >= 4 is 243 Å². The molecule has 11 heteroatoms. The van der Waals surface area contributed by atoms with E-state index in [2.05, 4.69) is 442 Å². The van der Waals surface area contributed by atoms with Gasteiger partial charge in [-0.1, -0.05) is 273 Å². The summed E-state index contributed by atoms with van der Waals surface area (Å²) in [7, 11) is 0. The first-order chi connectivity index (χ1) is 59.1. The van der Waals surface area contributed by atoms with E-state index in [1.807, 2.05) is 34.0 Å². The molecule has 0 amide bonds. The number of thiophene rings is 3. The first-order valence-corrected chi connectivity index (χ1v) is 43.2. The van der Waals surface area contributed by atoms with Crippen molar-refractivity contribution < 1.29 is 0 Å². The molecule has 0 saturated heterocycles. The second-order valence-corrected chi connectivity index (χ2v) is 34.5. The van der Waals surface area contributed by atoms with Gasteiger partial charge < -0.3 is 29.4 Å². The van der Waals surface area contributed by atoms with Crippen LogP contribution < -0.4 is 62.2 Å². The molecule has 3 aromatic heterocycles. The fourth-order valence-corrected chi connectivity index (χ4v) is 23.6. The summed E-state index contributed by atoms with van der Waals surface area (Å²) in [6.07, 6.45) is 0. The van der Waals surface area contributed by atoms with Crippen LogP contribution in [-0.4, -0.2) is 13.4 Å². The molecule has 0 radical (unpaired) electrons. The summed E-state index contributed by atoms with van der Waals surface area (Å²) < 4.78 is 7.52. The molecule has 554 valence electrons. The van der Waals surface area contributed by atoms with Crippen LogP contribution in [0.1, 0.15) is 0 Å². The molecule has 0 unspecified atom stereocenters. The number of rotatable bonds is 12. The summed E-state index contributed by atoms with van der Waals surface area (Å²) in [5.41, 5.74) is 31.7. The molecule has 4 aliphatic heterocycles. The molecule has 0 bridgehead atoms. The van der Waals surface area contributed by atoms with E-state index in [0.717, 1.165) is 125 Å². The largest absolute Gasteiger partial charge is 0.311 e. The maximum absolute atomic E-state index is 2.68. The lowest BCUT2D eigenvalue weighted by Crippen LogP contribution is -2.65. The second-order valence-electron chi connectivity index (χ2n) is 31.3. The van der Waals surface area contributed by atoms with E-state index in [4.69, 9.17) is 0 Å². The number of hydrogen-bond donors (Lipinski definition) is 0. The van der Waals surface area contributed by atoms with Crippen LogP contribution in [-0.2, 0) is 0 Å². The van der Waals surface area contributed by atoms with E-state index < -0.39 is 0 Å². The molecular weight excluding hydrogens is 1500 g/mol. The Labute approximate surface area is 701 Å². The number of fused-ring (bicyclic) bond motifs is 17. The Morgan fingerprint density at radius 1 is 0.218 bits per heavy atom. The fraction of sp³-hybridized carbons (Fsp3) is 0. The van der Waals surface area contributed by atoms with Crippen molar-refractivity contribution in [3.8, 4) is 22.3 Å². The van der Waals surface area contributed by atoms with Gasteiger partial charge >= 0.3 is 0 Å². The highest BCUT2D eigenvalue weighted by atomic mass is 32.1. The highest BCUT2D eigenvalue weighted by molar-refractivity contribution is 7.27. The first-order valence-electron chi connectivity index (χ1n) is 40.8. The summed E-state index contributed by atoms with van der Waals surface area (Å²) in [5.74, 6) is 0. The lowest BCUT2D eigenvalue weighted by Gasteiger charge is -2.48. The number of anilines is 18. The zero-order valence-corrected chi connectivity index (χ0v) is 66.8. The highest BCUT2D eigenvalue weighted by Crippen LogP contribution is 2.57. The Hall–Kier alpha value is -14.5. The van der Waals surface area contributed by atoms with Crippen LogP contribution in [0, 0.1) is 0 Å². The molecule has 4 aliphatic rings. The van der Waals surface area contributed by atoms with Crippen LogP contribution in [0.3, 0.4) is 0 Å². The van der Waals surface area contributed by atoms with Crippen LogP contribution in [0.5, 0.6) is 0 Å². The van der Waals surface area contributed by atoms with Crippen LogP contribution in [0.2, 0.25) is 0 Å². The van der Waals surface area contributed by atoms with E-state index >= 15 is 0 Å². The van der Waals surface area contributed by atoms with Gasteiger partial charge in [0.15, 0.2) is 0 Å². The Morgan fingerprint density at radius 2 is 0.580 bits per heavy atom. The van der Waals surface area contributed by atoms with Gasteiger partial charge in [0.25, 0.3) is 13.4 Å². The molecule has 0 saturated carbocycles. The number of para-hydroxylation sites is 7. The molecule has 0 atom stereocenters. The Bertz CT molecular complexity index is 7630. The van der Waals surface area contributed by atoms with Gasteiger partial charge in [-0.2, -0.15) is 0 Å². The van der Waals surface area contributed by atoms with E-state index in [9.17, 15) is 0 Å². The maximum Gasteiger partial charge on any atom is 0.252 e. The molecule has 21 aromatic rings. The van der Waals surface area contributed by atoms with E-state index in [1.165, 1.54) is 93.3 Å².